The minimum atomic E-state index is -0.898. The summed E-state index contributed by atoms with van der Waals surface area (Å²) >= 11 is 0. The summed E-state index contributed by atoms with van der Waals surface area (Å²) in [4.78, 5) is 39.1. The fourth-order valence-electron chi connectivity index (χ4n) is 3.41. The first kappa shape index (κ1) is 21.5. The van der Waals surface area contributed by atoms with E-state index in [0.29, 0.717) is 42.8 Å². The monoisotopic (exact) mass is 413 g/mol. The van der Waals surface area contributed by atoms with Gasteiger partial charge >= 0.3 is 5.97 Å². The number of Topliss-reactive ketones (excluding diaryl/α,β-unsaturated/α-hetero) is 1. The summed E-state index contributed by atoms with van der Waals surface area (Å²) in [6, 6.07) is 12.0. The number of hydrogen-bond donors (Lipinski definition) is 0. The number of ether oxygens (including phenoxy) is 2. The van der Waals surface area contributed by atoms with Gasteiger partial charge in [-0.05, 0) is 68.3 Å². The number of carbonyl (C=O) groups is 3. The molecule has 0 saturated carbocycles. The fourth-order valence-corrected chi connectivity index (χ4v) is 3.41. The number of amides is 1. The summed E-state index contributed by atoms with van der Waals surface area (Å²) in [7, 11) is 1.54. The predicted octanol–water partition coefficient (Wildman–Crippen LogP) is 3.50. The smallest absolute Gasteiger partial charge is 0.309 e. The highest BCUT2D eigenvalue weighted by Gasteiger charge is 2.31. The van der Waals surface area contributed by atoms with Crippen molar-refractivity contribution in [2.45, 2.75) is 25.9 Å². The molecule has 158 valence electrons. The van der Waals surface area contributed by atoms with Crippen molar-refractivity contribution in [2.24, 2.45) is 5.92 Å². The Morgan fingerprint density at radius 1 is 0.967 bits per heavy atom. The lowest BCUT2D eigenvalue weighted by Gasteiger charge is -2.31. The van der Waals surface area contributed by atoms with Crippen LogP contribution >= 0.6 is 0 Å². The summed E-state index contributed by atoms with van der Waals surface area (Å²) in [5, 5.41) is 0. The molecule has 1 heterocycles. The number of hydrogen-bond acceptors (Lipinski definition) is 5. The molecule has 1 aliphatic rings. The molecule has 0 bridgehead atoms. The van der Waals surface area contributed by atoms with Crippen LogP contribution in [0.4, 0.5) is 4.39 Å². The van der Waals surface area contributed by atoms with Crippen LogP contribution < -0.4 is 4.74 Å². The van der Waals surface area contributed by atoms with E-state index >= 15 is 0 Å². The number of piperidine rings is 1. The number of benzene rings is 2. The van der Waals surface area contributed by atoms with E-state index in [1.54, 1.807) is 43.2 Å². The van der Waals surface area contributed by atoms with Crippen LogP contribution in [0.1, 0.15) is 40.5 Å². The first-order valence-electron chi connectivity index (χ1n) is 9.82. The van der Waals surface area contributed by atoms with E-state index in [9.17, 15) is 18.8 Å². The summed E-state index contributed by atoms with van der Waals surface area (Å²) in [5.74, 6) is -1.03. The Kier molecular flexibility index (Phi) is 6.82. The van der Waals surface area contributed by atoms with Crippen molar-refractivity contribution in [1.82, 2.24) is 4.90 Å². The summed E-state index contributed by atoms with van der Waals surface area (Å²) < 4.78 is 23.5. The molecule has 7 heteroatoms. The second-order valence-electron chi connectivity index (χ2n) is 7.25. The van der Waals surface area contributed by atoms with Crippen LogP contribution in [0.15, 0.2) is 48.5 Å². The third-order valence-corrected chi connectivity index (χ3v) is 5.24. The van der Waals surface area contributed by atoms with Gasteiger partial charge in [-0.3, -0.25) is 14.4 Å². The van der Waals surface area contributed by atoms with Crippen molar-refractivity contribution in [3.63, 3.8) is 0 Å². The number of nitrogens with zero attached hydrogens (tertiary/aromatic N) is 1. The topological polar surface area (TPSA) is 72.9 Å². The normalized spacial score (nSPS) is 15.4. The second kappa shape index (κ2) is 9.52. The van der Waals surface area contributed by atoms with Crippen LogP contribution in [0.25, 0.3) is 0 Å². The van der Waals surface area contributed by atoms with Gasteiger partial charge in [-0.1, -0.05) is 0 Å². The zero-order valence-electron chi connectivity index (χ0n) is 17.0. The molecule has 0 aromatic heterocycles. The number of likely N-dealkylation sites (tertiary alicyclic amines) is 1. The zero-order chi connectivity index (χ0) is 21.7. The van der Waals surface area contributed by atoms with E-state index in [0.717, 1.165) is 0 Å². The fraction of sp³-hybridized carbons (Fsp3) is 0.348. The molecule has 1 amide bonds. The molecule has 1 fully saturated rings. The maximum atomic E-state index is 13.0. The van der Waals surface area contributed by atoms with Gasteiger partial charge in [0.1, 0.15) is 11.6 Å². The molecular formula is C23H24FNO5. The SMILES string of the molecule is COc1ccc(C(=O)[C@H](C)OC(=O)C2CCN(C(=O)c3ccc(F)cc3)CC2)cc1. The molecule has 2 aromatic rings. The van der Waals surface area contributed by atoms with E-state index in [-0.39, 0.29) is 17.6 Å². The number of methoxy groups -OCH3 is 1. The molecule has 1 atom stereocenters. The Morgan fingerprint density at radius 3 is 2.10 bits per heavy atom. The lowest BCUT2D eigenvalue weighted by molar-refractivity contribution is -0.152. The van der Waals surface area contributed by atoms with Crippen molar-refractivity contribution in [3.8, 4) is 5.75 Å². The Morgan fingerprint density at radius 2 is 1.53 bits per heavy atom. The van der Waals surface area contributed by atoms with E-state index < -0.39 is 17.9 Å². The quantitative estimate of drug-likeness (QED) is 0.535. The molecule has 2 aromatic carbocycles. The van der Waals surface area contributed by atoms with E-state index in [2.05, 4.69) is 0 Å². The molecule has 3 rings (SSSR count). The Hall–Kier alpha value is -3.22. The highest BCUT2D eigenvalue weighted by Crippen LogP contribution is 2.22. The Balaban J connectivity index is 1.51. The van der Waals surface area contributed by atoms with Crippen LogP contribution in [-0.2, 0) is 9.53 Å². The first-order valence-corrected chi connectivity index (χ1v) is 9.82. The molecule has 0 aliphatic carbocycles. The average Bonchev–Trinajstić information content (AvgIpc) is 2.78. The summed E-state index contributed by atoms with van der Waals surface area (Å²) in [6.07, 6.45) is 0.00881. The maximum Gasteiger partial charge on any atom is 0.309 e. The lowest BCUT2D eigenvalue weighted by Crippen LogP contribution is -2.41. The van der Waals surface area contributed by atoms with Crippen molar-refractivity contribution < 1.29 is 28.2 Å². The second-order valence-corrected chi connectivity index (χ2v) is 7.25. The summed E-state index contributed by atoms with van der Waals surface area (Å²) in [5.41, 5.74) is 0.854. The highest BCUT2D eigenvalue weighted by molar-refractivity contribution is 6.00. The van der Waals surface area contributed by atoms with E-state index in [4.69, 9.17) is 9.47 Å². The number of carbonyl (C=O) groups excluding carboxylic acids is 3. The van der Waals surface area contributed by atoms with Gasteiger partial charge in [0.15, 0.2) is 6.10 Å². The third-order valence-electron chi connectivity index (χ3n) is 5.24. The maximum absolute atomic E-state index is 13.0. The van der Waals surface area contributed by atoms with Crippen molar-refractivity contribution in [2.75, 3.05) is 20.2 Å². The van der Waals surface area contributed by atoms with Crippen LogP contribution in [0.5, 0.6) is 5.75 Å². The molecule has 30 heavy (non-hydrogen) atoms. The number of ketones is 1. The first-order chi connectivity index (χ1) is 14.4. The zero-order valence-corrected chi connectivity index (χ0v) is 17.0. The Labute approximate surface area is 174 Å². The van der Waals surface area contributed by atoms with Crippen molar-refractivity contribution in [1.29, 1.82) is 0 Å². The van der Waals surface area contributed by atoms with Crippen LogP contribution in [-0.4, -0.2) is 48.9 Å². The molecule has 1 aliphatic heterocycles. The molecule has 0 spiro atoms. The Bertz CT molecular complexity index is 902. The van der Waals surface area contributed by atoms with E-state index in [1.807, 2.05) is 0 Å². The van der Waals surface area contributed by atoms with Gasteiger partial charge in [-0.15, -0.1) is 0 Å². The van der Waals surface area contributed by atoms with E-state index in [1.165, 1.54) is 24.3 Å². The molecule has 0 unspecified atom stereocenters. The van der Waals surface area contributed by atoms with Gasteiger partial charge in [0.2, 0.25) is 5.78 Å². The minimum absolute atomic E-state index is 0.190. The van der Waals surface area contributed by atoms with Crippen molar-refractivity contribution >= 4 is 17.7 Å². The van der Waals surface area contributed by atoms with Gasteiger partial charge in [0, 0.05) is 24.2 Å². The van der Waals surface area contributed by atoms with Crippen LogP contribution in [0.3, 0.4) is 0 Å². The number of rotatable bonds is 6. The van der Waals surface area contributed by atoms with Gasteiger partial charge in [-0.25, -0.2) is 4.39 Å². The minimum Gasteiger partial charge on any atom is -0.497 e. The largest absolute Gasteiger partial charge is 0.497 e. The molecule has 6 nitrogen and oxygen atoms in total. The van der Waals surface area contributed by atoms with Gasteiger partial charge in [0.05, 0.1) is 13.0 Å². The standard InChI is InChI=1S/C23H24FNO5/c1-15(21(26)16-5-9-20(29-2)10-6-16)30-23(28)18-11-13-25(14-12-18)22(27)17-3-7-19(24)8-4-17/h3-10,15,18H,11-14H2,1-2H3/t15-/m0/s1. The lowest BCUT2D eigenvalue weighted by atomic mass is 9.96. The number of halogens is 1. The van der Waals surface area contributed by atoms with Gasteiger partial charge < -0.3 is 14.4 Å². The molecule has 0 N–H and O–H groups in total. The highest BCUT2D eigenvalue weighted by atomic mass is 19.1. The predicted molar refractivity (Wildman–Crippen MR) is 108 cm³/mol. The third kappa shape index (κ3) is 5.03. The molecule has 0 radical (unpaired) electrons. The van der Waals surface area contributed by atoms with Crippen LogP contribution in [0.2, 0.25) is 0 Å². The average molecular weight is 413 g/mol. The van der Waals surface area contributed by atoms with Crippen LogP contribution in [0, 0.1) is 11.7 Å². The van der Waals surface area contributed by atoms with Gasteiger partial charge in [-0.2, -0.15) is 0 Å². The summed E-state index contributed by atoms with van der Waals surface area (Å²) in [6.45, 7) is 2.35. The molecule has 1 saturated heterocycles. The number of esters is 1. The van der Waals surface area contributed by atoms with Gasteiger partial charge in [0.25, 0.3) is 5.91 Å². The van der Waals surface area contributed by atoms with Crippen molar-refractivity contribution in [3.05, 3.63) is 65.5 Å². The molecular weight excluding hydrogens is 389 g/mol.